The van der Waals surface area contributed by atoms with E-state index in [4.69, 9.17) is 5.73 Å². The number of nitrogens with two attached hydrogens (primary N) is 1. The van der Waals surface area contributed by atoms with Crippen LogP contribution in [0, 0.1) is 0 Å². The van der Waals surface area contributed by atoms with Crippen molar-refractivity contribution in [2.24, 2.45) is 5.73 Å². The third-order valence-corrected chi connectivity index (χ3v) is 3.53. The van der Waals surface area contributed by atoms with Crippen LogP contribution in [0.3, 0.4) is 0 Å². The van der Waals surface area contributed by atoms with Crippen molar-refractivity contribution in [2.75, 3.05) is 19.6 Å². The standard InChI is InChI=1S/C15H22N2/c1-13-8-11-17(12-9-13)15(7-10-16)14-5-3-2-4-6-14/h2-6,8,15H,7,9-12,16H2,1H3. The molecule has 2 nitrogen and oxygen atoms in total. The van der Waals surface area contributed by atoms with Gasteiger partial charge >= 0.3 is 0 Å². The lowest BCUT2D eigenvalue weighted by Gasteiger charge is -2.33. The van der Waals surface area contributed by atoms with E-state index in [1.165, 1.54) is 17.6 Å². The Morgan fingerprint density at radius 2 is 2.06 bits per heavy atom. The van der Waals surface area contributed by atoms with E-state index in [1.54, 1.807) is 0 Å². The fraction of sp³-hybridized carbons (Fsp3) is 0.467. The van der Waals surface area contributed by atoms with Crippen LogP contribution in [0.4, 0.5) is 0 Å². The maximum absolute atomic E-state index is 5.76. The largest absolute Gasteiger partial charge is 0.330 e. The molecule has 0 aliphatic carbocycles. The summed E-state index contributed by atoms with van der Waals surface area (Å²) in [5, 5.41) is 0. The zero-order valence-corrected chi connectivity index (χ0v) is 10.6. The first-order chi connectivity index (χ1) is 8.31. The third kappa shape index (κ3) is 3.18. The molecule has 2 heteroatoms. The summed E-state index contributed by atoms with van der Waals surface area (Å²) in [6.45, 7) is 5.18. The lowest BCUT2D eigenvalue weighted by molar-refractivity contribution is 0.204. The molecule has 2 rings (SSSR count). The average Bonchev–Trinajstić information content (AvgIpc) is 2.38. The Labute approximate surface area is 104 Å². The molecule has 92 valence electrons. The van der Waals surface area contributed by atoms with Crippen LogP contribution in [0.15, 0.2) is 42.0 Å². The Bertz CT molecular complexity index is 370. The minimum atomic E-state index is 0.477. The monoisotopic (exact) mass is 230 g/mol. The number of hydrogen-bond acceptors (Lipinski definition) is 2. The molecule has 0 aromatic heterocycles. The molecule has 1 aliphatic heterocycles. The smallest absolute Gasteiger partial charge is 0.0363 e. The highest BCUT2D eigenvalue weighted by Crippen LogP contribution is 2.26. The van der Waals surface area contributed by atoms with Gasteiger partial charge in [0.1, 0.15) is 0 Å². The maximum Gasteiger partial charge on any atom is 0.0363 e. The van der Waals surface area contributed by atoms with Crippen LogP contribution in [0.5, 0.6) is 0 Å². The highest BCUT2D eigenvalue weighted by Gasteiger charge is 2.20. The van der Waals surface area contributed by atoms with Crippen LogP contribution in [-0.2, 0) is 0 Å². The summed E-state index contributed by atoms with van der Waals surface area (Å²) in [6.07, 6.45) is 4.57. The molecule has 17 heavy (non-hydrogen) atoms. The highest BCUT2D eigenvalue weighted by atomic mass is 15.2. The van der Waals surface area contributed by atoms with E-state index in [-0.39, 0.29) is 0 Å². The zero-order chi connectivity index (χ0) is 12.1. The molecule has 1 aromatic rings. The van der Waals surface area contributed by atoms with Gasteiger partial charge in [0.25, 0.3) is 0 Å². The second kappa shape index (κ2) is 5.99. The van der Waals surface area contributed by atoms with Gasteiger partial charge in [0, 0.05) is 19.1 Å². The lowest BCUT2D eigenvalue weighted by atomic mass is 9.99. The van der Waals surface area contributed by atoms with Crippen LogP contribution in [-0.4, -0.2) is 24.5 Å². The van der Waals surface area contributed by atoms with Crippen LogP contribution in [0.2, 0.25) is 0 Å². The van der Waals surface area contributed by atoms with E-state index < -0.39 is 0 Å². The minimum Gasteiger partial charge on any atom is -0.330 e. The van der Waals surface area contributed by atoms with Crippen molar-refractivity contribution in [2.45, 2.75) is 25.8 Å². The molecular weight excluding hydrogens is 208 g/mol. The predicted octanol–water partition coefficient (Wildman–Crippen LogP) is 2.73. The summed E-state index contributed by atoms with van der Waals surface area (Å²) in [5.74, 6) is 0. The second-order valence-corrected chi connectivity index (χ2v) is 4.80. The van der Waals surface area contributed by atoms with Gasteiger partial charge in [-0.15, -0.1) is 0 Å². The van der Waals surface area contributed by atoms with Crippen LogP contribution in [0.1, 0.15) is 31.4 Å². The lowest BCUT2D eigenvalue weighted by Crippen LogP contribution is -2.33. The fourth-order valence-corrected chi connectivity index (χ4v) is 2.46. The average molecular weight is 230 g/mol. The van der Waals surface area contributed by atoms with E-state index >= 15 is 0 Å². The van der Waals surface area contributed by atoms with E-state index in [1.807, 2.05) is 0 Å². The molecule has 0 fully saturated rings. The van der Waals surface area contributed by atoms with E-state index in [0.29, 0.717) is 6.04 Å². The van der Waals surface area contributed by atoms with Crippen LogP contribution < -0.4 is 5.73 Å². The van der Waals surface area contributed by atoms with Gasteiger partial charge in [-0.25, -0.2) is 0 Å². The van der Waals surface area contributed by atoms with Gasteiger partial charge in [0.05, 0.1) is 0 Å². The van der Waals surface area contributed by atoms with Crippen molar-refractivity contribution in [3.8, 4) is 0 Å². The van der Waals surface area contributed by atoms with Crippen LogP contribution >= 0.6 is 0 Å². The quantitative estimate of drug-likeness (QED) is 0.806. The topological polar surface area (TPSA) is 29.3 Å². The summed E-state index contributed by atoms with van der Waals surface area (Å²) in [5.41, 5.74) is 8.67. The van der Waals surface area contributed by atoms with Crippen LogP contribution in [0.25, 0.3) is 0 Å². The van der Waals surface area contributed by atoms with Crippen molar-refractivity contribution in [1.29, 1.82) is 0 Å². The molecule has 1 heterocycles. The van der Waals surface area contributed by atoms with Gasteiger partial charge in [0.2, 0.25) is 0 Å². The van der Waals surface area contributed by atoms with Gasteiger partial charge < -0.3 is 5.73 Å². The third-order valence-electron chi connectivity index (χ3n) is 3.53. The Balaban J connectivity index is 2.13. The molecule has 1 aromatic carbocycles. The Hall–Kier alpha value is -1.12. The van der Waals surface area contributed by atoms with Gasteiger partial charge in [0.15, 0.2) is 0 Å². The molecule has 2 N–H and O–H groups in total. The van der Waals surface area contributed by atoms with E-state index in [0.717, 1.165) is 26.1 Å². The zero-order valence-electron chi connectivity index (χ0n) is 10.6. The number of hydrogen-bond donors (Lipinski definition) is 1. The van der Waals surface area contributed by atoms with Gasteiger partial charge in [-0.3, -0.25) is 4.90 Å². The second-order valence-electron chi connectivity index (χ2n) is 4.80. The van der Waals surface area contributed by atoms with Crippen molar-refractivity contribution in [3.63, 3.8) is 0 Å². The van der Waals surface area contributed by atoms with Crippen molar-refractivity contribution in [3.05, 3.63) is 47.5 Å². The molecular formula is C15H22N2. The normalized spacial score (nSPS) is 18.8. The first kappa shape index (κ1) is 12.3. The molecule has 0 spiro atoms. The molecule has 1 unspecified atom stereocenters. The molecule has 0 amide bonds. The molecule has 0 saturated heterocycles. The predicted molar refractivity (Wildman–Crippen MR) is 72.8 cm³/mol. The van der Waals surface area contributed by atoms with Gasteiger partial charge in [-0.1, -0.05) is 42.0 Å². The molecule has 1 aliphatic rings. The summed E-state index contributed by atoms with van der Waals surface area (Å²) in [6, 6.07) is 11.2. The molecule has 1 atom stereocenters. The first-order valence-electron chi connectivity index (χ1n) is 6.46. The summed E-state index contributed by atoms with van der Waals surface area (Å²) >= 11 is 0. The van der Waals surface area contributed by atoms with Gasteiger partial charge in [-0.05, 0) is 31.9 Å². The van der Waals surface area contributed by atoms with Crippen molar-refractivity contribution in [1.82, 2.24) is 4.90 Å². The number of benzene rings is 1. The maximum atomic E-state index is 5.76. The molecule has 0 radical (unpaired) electrons. The van der Waals surface area contributed by atoms with Crippen molar-refractivity contribution >= 4 is 0 Å². The minimum absolute atomic E-state index is 0.477. The van der Waals surface area contributed by atoms with E-state index in [2.05, 4.69) is 48.2 Å². The Morgan fingerprint density at radius 1 is 1.29 bits per heavy atom. The number of rotatable bonds is 4. The fourth-order valence-electron chi connectivity index (χ4n) is 2.46. The Kier molecular flexibility index (Phi) is 4.35. The van der Waals surface area contributed by atoms with Gasteiger partial charge in [-0.2, -0.15) is 0 Å². The molecule has 0 saturated carbocycles. The number of nitrogens with zero attached hydrogens (tertiary/aromatic N) is 1. The van der Waals surface area contributed by atoms with E-state index in [9.17, 15) is 0 Å². The van der Waals surface area contributed by atoms with Crippen molar-refractivity contribution < 1.29 is 0 Å². The highest BCUT2D eigenvalue weighted by molar-refractivity contribution is 5.20. The Morgan fingerprint density at radius 3 is 2.65 bits per heavy atom. The summed E-state index contributed by atoms with van der Waals surface area (Å²) < 4.78 is 0. The summed E-state index contributed by atoms with van der Waals surface area (Å²) in [7, 11) is 0. The first-order valence-corrected chi connectivity index (χ1v) is 6.46. The molecule has 0 bridgehead atoms. The summed E-state index contributed by atoms with van der Waals surface area (Å²) in [4.78, 5) is 2.54. The SMILES string of the molecule is CC1=CCN(C(CCN)c2ccccc2)CC1.